The lowest BCUT2D eigenvalue weighted by Crippen LogP contribution is -2.17. The van der Waals surface area contributed by atoms with Gasteiger partial charge in [-0.15, -0.1) is 0 Å². The summed E-state index contributed by atoms with van der Waals surface area (Å²) in [4.78, 5) is 4.51. The third-order valence-electron chi connectivity index (χ3n) is 3.09. The highest BCUT2D eigenvalue weighted by molar-refractivity contribution is 5.98. The quantitative estimate of drug-likeness (QED) is 0.649. The van der Waals surface area contributed by atoms with Crippen LogP contribution in [-0.2, 0) is 12.8 Å². The Labute approximate surface area is 113 Å². The number of aryl methyl sites for hydroxylation is 3. The summed E-state index contributed by atoms with van der Waals surface area (Å²) in [7, 11) is 0. The van der Waals surface area contributed by atoms with Crippen LogP contribution in [0.4, 0.5) is 0 Å². The minimum atomic E-state index is 0.0503. The number of rotatable bonds is 4. The number of aromatic nitrogens is 3. The number of nitrogen functional groups attached to an aromatic ring is 1. The molecule has 0 radical (unpaired) electrons. The van der Waals surface area contributed by atoms with E-state index in [1.54, 1.807) is 0 Å². The zero-order valence-corrected chi connectivity index (χ0v) is 11.6. The highest BCUT2D eigenvalue weighted by Gasteiger charge is 2.15. The van der Waals surface area contributed by atoms with Gasteiger partial charge in [-0.1, -0.05) is 26.0 Å². The SMILES string of the molecule is CCc1nc(CC)n(-c2c(C)cccc2C(=N)N)n1. The van der Waals surface area contributed by atoms with E-state index >= 15 is 0 Å². The van der Waals surface area contributed by atoms with Gasteiger partial charge in [0.25, 0.3) is 0 Å². The third kappa shape index (κ3) is 2.36. The van der Waals surface area contributed by atoms with Gasteiger partial charge in [-0.05, 0) is 18.6 Å². The molecule has 100 valence electrons. The largest absolute Gasteiger partial charge is 0.384 e. The van der Waals surface area contributed by atoms with Gasteiger partial charge in [0.05, 0.1) is 5.69 Å². The molecule has 0 aliphatic heterocycles. The maximum atomic E-state index is 7.72. The molecule has 0 aliphatic carbocycles. The van der Waals surface area contributed by atoms with E-state index in [-0.39, 0.29) is 5.84 Å². The van der Waals surface area contributed by atoms with Crippen LogP contribution in [0.3, 0.4) is 0 Å². The van der Waals surface area contributed by atoms with Gasteiger partial charge in [-0.3, -0.25) is 5.41 Å². The van der Waals surface area contributed by atoms with E-state index < -0.39 is 0 Å². The Morgan fingerprint density at radius 1 is 1.32 bits per heavy atom. The Hall–Kier alpha value is -2.17. The second-order valence-electron chi connectivity index (χ2n) is 4.45. The summed E-state index contributed by atoms with van der Waals surface area (Å²) in [5.74, 6) is 1.76. The molecule has 2 aromatic rings. The molecule has 0 aliphatic rings. The summed E-state index contributed by atoms with van der Waals surface area (Å²) in [6.45, 7) is 6.07. The molecule has 0 bridgehead atoms. The second-order valence-corrected chi connectivity index (χ2v) is 4.45. The van der Waals surface area contributed by atoms with Crippen LogP contribution in [0.25, 0.3) is 5.69 Å². The first-order valence-corrected chi connectivity index (χ1v) is 6.47. The van der Waals surface area contributed by atoms with Crippen LogP contribution in [0.15, 0.2) is 18.2 Å². The predicted octanol–water partition coefficient (Wildman–Crippen LogP) is 1.98. The molecule has 0 amide bonds. The summed E-state index contributed by atoms with van der Waals surface area (Å²) in [6, 6.07) is 5.74. The number of benzene rings is 1. The molecule has 2 rings (SSSR count). The van der Waals surface area contributed by atoms with Crippen LogP contribution in [0, 0.1) is 12.3 Å². The fourth-order valence-electron chi connectivity index (χ4n) is 2.11. The van der Waals surface area contributed by atoms with E-state index in [1.165, 1.54) is 0 Å². The molecule has 5 heteroatoms. The molecular formula is C14H19N5. The Bertz CT molecular complexity index is 612. The lowest BCUT2D eigenvalue weighted by Gasteiger charge is -2.12. The van der Waals surface area contributed by atoms with Crippen LogP contribution in [0.2, 0.25) is 0 Å². The molecule has 0 saturated carbocycles. The van der Waals surface area contributed by atoms with Crippen molar-refractivity contribution in [3.63, 3.8) is 0 Å². The van der Waals surface area contributed by atoms with E-state index in [0.717, 1.165) is 35.7 Å². The lowest BCUT2D eigenvalue weighted by molar-refractivity contribution is 0.784. The van der Waals surface area contributed by atoms with Gasteiger partial charge in [-0.2, -0.15) is 5.10 Å². The van der Waals surface area contributed by atoms with Gasteiger partial charge < -0.3 is 5.73 Å². The van der Waals surface area contributed by atoms with Crippen molar-refractivity contribution in [2.24, 2.45) is 5.73 Å². The van der Waals surface area contributed by atoms with Crippen molar-refractivity contribution < 1.29 is 0 Å². The van der Waals surface area contributed by atoms with Gasteiger partial charge >= 0.3 is 0 Å². The molecular weight excluding hydrogens is 238 g/mol. The number of nitrogens with one attached hydrogen (secondary N) is 1. The van der Waals surface area contributed by atoms with Crippen molar-refractivity contribution in [3.05, 3.63) is 41.0 Å². The van der Waals surface area contributed by atoms with Crippen molar-refractivity contribution in [1.29, 1.82) is 5.41 Å². The predicted molar refractivity (Wildman–Crippen MR) is 75.9 cm³/mol. The fourth-order valence-corrected chi connectivity index (χ4v) is 2.11. The summed E-state index contributed by atoms with van der Waals surface area (Å²) >= 11 is 0. The minimum absolute atomic E-state index is 0.0503. The first kappa shape index (κ1) is 13.3. The molecule has 0 fully saturated rings. The topological polar surface area (TPSA) is 80.6 Å². The van der Waals surface area contributed by atoms with Crippen LogP contribution in [0.5, 0.6) is 0 Å². The lowest BCUT2D eigenvalue weighted by atomic mass is 10.1. The van der Waals surface area contributed by atoms with Crippen LogP contribution < -0.4 is 5.73 Å². The summed E-state index contributed by atoms with van der Waals surface area (Å²) in [6.07, 6.45) is 1.58. The Morgan fingerprint density at radius 2 is 2.05 bits per heavy atom. The molecule has 5 nitrogen and oxygen atoms in total. The number of hydrogen-bond acceptors (Lipinski definition) is 3. The number of nitrogens with zero attached hydrogens (tertiary/aromatic N) is 3. The molecule has 0 saturated heterocycles. The van der Waals surface area contributed by atoms with Gasteiger partial charge in [-0.25, -0.2) is 9.67 Å². The zero-order valence-electron chi connectivity index (χ0n) is 11.6. The van der Waals surface area contributed by atoms with Crippen molar-refractivity contribution in [1.82, 2.24) is 14.8 Å². The van der Waals surface area contributed by atoms with E-state index in [0.29, 0.717) is 5.56 Å². The standard InChI is InChI=1S/C14H19N5/c1-4-11-17-12(5-2)19(18-11)13-9(3)7-6-8-10(13)14(15)16/h6-8H,4-5H2,1-3H3,(H3,15,16). The first-order chi connectivity index (χ1) is 9.08. The van der Waals surface area contributed by atoms with Crippen molar-refractivity contribution in [2.75, 3.05) is 0 Å². The molecule has 1 aromatic carbocycles. The number of para-hydroxylation sites is 1. The van der Waals surface area contributed by atoms with Gasteiger partial charge in [0.15, 0.2) is 5.82 Å². The van der Waals surface area contributed by atoms with Crippen molar-refractivity contribution in [2.45, 2.75) is 33.6 Å². The maximum absolute atomic E-state index is 7.72. The zero-order chi connectivity index (χ0) is 14.0. The van der Waals surface area contributed by atoms with E-state index in [1.807, 2.05) is 43.7 Å². The van der Waals surface area contributed by atoms with E-state index in [2.05, 4.69) is 10.1 Å². The summed E-state index contributed by atoms with van der Waals surface area (Å²) < 4.78 is 1.82. The molecule has 3 N–H and O–H groups in total. The highest BCUT2D eigenvalue weighted by atomic mass is 15.4. The molecule has 1 aromatic heterocycles. The monoisotopic (exact) mass is 257 g/mol. The van der Waals surface area contributed by atoms with Gasteiger partial charge in [0.2, 0.25) is 0 Å². The van der Waals surface area contributed by atoms with Gasteiger partial charge in [0, 0.05) is 18.4 Å². The average Bonchev–Trinajstić information content (AvgIpc) is 2.81. The van der Waals surface area contributed by atoms with Crippen LogP contribution in [0.1, 0.15) is 36.6 Å². The van der Waals surface area contributed by atoms with Crippen LogP contribution in [-0.4, -0.2) is 20.6 Å². The average molecular weight is 257 g/mol. The van der Waals surface area contributed by atoms with Gasteiger partial charge in [0.1, 0.15) is 11.7 Å². The Balaban J connectivity index is 2.70. The molecule has 0 spiro atoms. The normalized spacial score (nSPS) is 10.7. The number of amidine groups is 1. The molecule has 0 atom stereocenters. The summed E-state index contributed by atoms with van der Waals surface area (Å²) in [5.41, 5.74) is 8.27. The smallest absolute Gasteiger partial charge is 0.151 e. The molecule has 1 heterocycles. The number of hydrogen-bond donors (Lipinski definition) is 2. The Morgan fingerprint density at radius 3 is 2.63 bits per heavy atom. The van der Waals surface area contributed by atoms with Crippen LogP contribution >= 0.6 is 0 Å². The third-order valence-corrected chi connectivity index (χ3v) is 3.09. The van der Waals surface area contributed by atoms with Crippen molar-refractivity contribution in [3.8, 4) is 5.69 Å². The fraction of sp³-hybridized carbons (Fsp3) is 0.357. The summed E-state index contributed by atoms with van der Waals surface area (Å²) in [5, 5.41) is 12.2. The molecule has 19 heavy (non-hydrogen) atoms. The van der Waals surface area contributed by atoms with E-state index in [9.17, 15) is 0 Å². The second kappa shape index (κ2) is 5.22. The Kier molecular flexibility index (Phi) is 3.64. The maximum Gasteiger partial charge on any atom is 0.151 e. The number of nitrogens with two attached hydrogens (primary N) is 1. The molecule has 0 unspecified atom stereocenters. The minimum Gasteiger partial charge on any atom is -0.384 e. The van der Waals surface area contributed by atoms with Crippen molar-refractivity contribution >= 4 is 5.84 Å². The highest BCUT2D eigenvalue weighted by Crippen LogP contribution is 2.20. The van der Waals surface area contributed by atoms with E-state index in [4.69, 9.17) is 11.1 Å². The first-order valence-electron chi connectivity index (χ1n) is 6.47.